The molecule has 4 aromatic rings. The molecule has 0 saturated carbocycles. The number of carbonyl (C=O) groups is 2. The van der Waals surface area contributed by atoms with Gasteiger partial charge in [-0.3, -0.25) is 4.79 Å². The molecule has 1 amide bonds. The van der Waals surface area contributed by atoms with Crippen LogP contribution < -0.4 is 5.32 Å². The number of amides is 1. The summed E-state index contributed by atoms with van der Waals surface area (Å²) >= 11 is 2.51. The van der Waals surface area contributed by atoms with Crippen molar-refractivity contribution in [2.45, 2.75) is 5.03 Å². The summed E-state index contributed by atoms with van der Waals surface area (Å²) in [6.45, 7) is 0. The highest BCUT2D eigenvalue weighted by Gasteiger charge is 2.17. The monoisotopic (exact) mass is 425 g/mol. The van der Waals surface area contributed by atoms with Crippen LogP contribution in [0, 0.1) is 0 Å². The molecule has 9 heteroatoms. The number of thioether (sulfide) groups is 1. The average Bonchev–Trinajstić information content (AvgIpc) is 3.43. The van der Waals surface area contributed by atoms with Crippen LogP contribution in [0.4, 0.5) is 5.69 Å². The fourth-order valence-corrected chi connectivity index (χ4v) is 4.24. The van der Waals surface area contributed by atoms with Crippen LogP contribution in [0.2, 0.25) is 0 Å². The number of nitrogens with one attached hydrogen (secondary N) is 1. The molecule has 146 valence electrons. The number of fused-ring (bicyclic) bond motifs is 1. The second-order valence-electron chi connectivity index (χ2n) is 5.84. The third-order valence-electron chi connectivity index (χ3n) is 3.96. The quantitative estimate of drug-likeness (QED) is 0.277. The van der Waals surface area contributed by atoms with E-state index in [0.717, 1.165) is 10.9 Å². The van der Waals surface area contributed by atoms with Crippen LogP contribution in [0.5, 0.6) is 0 Å². The number of thiophene rings is 1. The number of methoxy groups -OCH3 is 1. The van der Waals surface area contributed by atoms with Crippen molar-refractivity contribution in [2.24, 2.45) is 0 Å². The van der Waals surface area contributed by atoms with E-state index in [4.69, 9.17) is 9.15 Å². The summed E-state index contributed by atoms with van der Waals surface area (Å²) in [6.07, 6.45) is 1.56. The molecule has 0 bridgehead atoms. The molecule has 0 aliphatic heterocycles. The molecule has 3 aromatic heterocycles. The smallest absolute Gasteiger partial charge is 0.350 e. The van der Waals surface area contributed by atoms with E-state index < -0.39 is 5.97 Å². The van der Waals surface area contributed by atoms with Crippen molar-refractivity contribution in [3.63, 3.8) is 0 Å². The van der Waals surface area contributed by atoms with Crippen molar-refractivity contribution in [2.75, 3.05) is 18.2 Å². The predicted octanol–water partition coefficient (Wildman–Crippen LogP) is 4.47. The van der Waals surface area contributed by atoms with Gasteiger partial charge in [-0.25, -0.2) is 14.8 Å². The van der Waals surface area contributed by atoms with Gasteiger partial charge in [-0.05, 0) is 29.6 Å². The van der Waals surface area contributed by atoms with Gasteiger partial charge in [0.2, 0.25) is 5.91 Å². The third-order valence-corrected chi connectivity index (χ3v) is 5.85. The van der Waals surface area contributed by atoms with E-state index in [-0.39, 0.29) is 11.7 Å². The molecule has 7 nitrogen and oxygen atoms in total. The molecular formula is C20H15N3O4S2. The lowest BCUT2D eigenvalue weighted by molar-refractivity contribution is -0.113. The Balaban J connectivity index is 1.54. The highest BCUT2D eigenvalue weighted by molar-refractivity contribution is 8.00. The number of rotatable bonds is 6. The van der Waals surface area contributed by atoms with Crippen molar-refractivity contribution in [1.82, 2.24) is 9.97 Å². The minimum absolute atomic E-state index is 0.120. The van der Waals surface area contributed by atoms with Gasteiger partial charge in [0.1, 0.15) is 9.90 Å². The Morgan fingerprint density at radius 2 is 2.03 bits per heavy atom. The second kappa shape index (κ2) is 8.46. The van der Waals surface area contributed by atoms with Crippen LogP contribution in [0.3, 0.4) is 0 Å². The first-order valence-corrected chi connectivity index (χ1v) is 10.4. The topological polar surface area (TPSA) is 94.3 Å². The predicted molar refractivity (Wildman–Crippen MR) is 112 cm³/mol. The zero-order chi connectivity index (χ0) is 20.2. The third kappa shape index (κ3) is 4.15. The number of furan rings is 1. The number of esters is 1. The van der Waals surface area contributed by atoms with E-state index in [1.807, 2.05) is 24.3 Å². The van der Waals surface area contributed by atoms with E-state index in [9.17, 15) is 9.59 Å². The lowest BCUT2D eigenvalue weighted by Gasteiger charge is -2.08. The Morgan fingerprint density at radius 3 is 2.83 bits per heavy atom. The molecule has 4 rings (SSSR count). The van der Waals surface area contributed by atoms with Crippen molar-refractivity contribution in [3.8, 4) is 11.6 Å². The molecule has 3 heterocycles. The largest absolute Gasteiger partial charge is 0.465 e. The number of benzene rings is 1. The number of nitrogens with zero attached hydrogens (tertiary/aromatic N) is 2. The first-order valence-electron chi connectivity index (χ1n) is 8.55. The minimum Gasteiger partial charge on any atom is -0.465 e. The first kappa shape index (κ1) is 19.2. The number of aromatic nitrogens is 2. The van der Waals surface area contributed by atoms with E-state index >= 15 is 0 Å². The maximum atomic E-state index is 12.5. The fraction of sp³-hybridized carbons (Fsp3) is 0.100. The Hall–Kier alpha value is -3.17. The first-order chi connectivity index (χ1) is 14.2. The van der Waals surface area contributed by atoms with Gasteiger partial charge in [-0.1, -0.05) is 30.0 Å². The average molecular weight is 425 g/mol. The van der Waals surface area contributed by atoms with Crippen LogP contribution in [-0.2, 0) is 9.53 Å². The van der Waals surface area contributed by atoms with Crippen molar-refractivity contribution in [3.05, 3.63) is 59.0 Å². The van der Waals surface area contributed by atoms with Gasteiger partial charge in [0.25, 0.3) is 0 Å². The van der Waals surface area contributed by atoms with Gasteiger partial charge >= 0.3 is 5.97 Å². The van der Waals surface area contributed by atoms with E-state index in [1.54, 1.807) is 29.8 Å². The summed E-state index contributed by atoms with van der Waals surface area (Å²) in [7, 11) is 1.31. The van der Waals surface area contributed by atoms with Crippen LogP contribution in [0.15, 0.2) is 63.6 Å². The summed E-state index contributed by atoms with van der Waals surface area (Å²) in [6, 6.07) is 12.8. The second-order valence-corrected chi connectivity index (χ2v) is 7.72. The maximum Gasteiger partial charge on any atom is 0.350 e. The number of hydrogen-bond donors (Lipinski definition) is 1. The lowest BCUT2D eigenvalue weighted by Crippen LogP contribution is -2.16. The molecule has 0 radical (unpaired) electrons. The number of hydrogen-bond acceptors (Lipinski definition) is 8. The van der Waals surface area contributed by atoms with Crippen LogP contribution in [0.25, 0.3) is 22.5 Å². The summed E-state index contributed by atoms with van der Waals surface area (Å²) in [5.41, 5.74) is 1.21. The SMILES string of the molecule is COC(=O)c1sccc1NC(=O)CSc1nc(-c2ccco2)nc2ccccc12. The summed E-state index contributed by atoms with van der Waals surface area (Å²) < 4.78 is 10.1. The van der Waals surface area contributed by atoms with Crippen LogP contribution in [0.1, 0.15) is 9.67 Å². The molecule has 0 spiro atoms. The molecule has 0 aliphatic rings. The van der Waals surface area contributed by atoms with Crippen molar-refractivity contribution in [1.29, 1.82) is 0 Å². The standard InChI is InChI=1S/C20H15N3O4S2/c1-26-20(25)17-14(8-10-28-17)21-16(24)11-29-19-12-5-2-3-6-13(12)22-18(23-19)15-7-4-9-27-15/h2-10H,11H2,1H3,(H,21,24). The Labute approximate surface area is 174 Å². The molecule has 0 atom stereocenters. The van der Waals surface area contributed by atoms with Crippen molar-refractivity contribution < 1.29 is 18.7 Å². The van der Waals surface area contributed by atoms with Gasteiger partial charge in [0.05, 0.1) is 30.3 Å². The van der Waals surface area contributed by atoms with E-state index in [2.05, 4.69) is 15.3 Å². The highest BCUT2D eigenvalue weighted by atomic mass is 32.2. The molecule has 0 aliphatic carbocycles. The number of anilines is 1. The molecule has 29 heavy (non-hydrogen) atoms. The minimum atomic E-state index is -0.479. The van der Waals surface area contributed by atoms with Gasteiger partial charge in [-0.15, -0.1) is 11.3 Å². The van der Waals surface area contributed by atoms with E-state index in [0.29, 0.717) is 27.2 Å². The summed E-state index contributed by atoms with van der Waals surface area (Å²) in [5, 5.41) is 6.01. The van der Waals surface area contributed by atoms with Gasteiger partial charge in [0.15, 0.2) is 11.6 Å². The van der Waals surface area contributed by atoms with Gasteiger partial charge < -0.3 is 14.5 Å². The van der Waals surface area contributed by atoms with E-state index in [1.165, 1.54) is 30.2 Å². The number of para-hydroxylation sites is 1. The number of ether oxygens (including phenoxy) is 1. The van der Waals surface area contributed by atoms with Gasteiger partial charge in [-0.2, -0.15) is 0 Å². The number of carbonyl (C=O) groups excluding carboxylic acids is 2. The summed E-state index contributed by atoms with van der Waals surface area (Å²) in [4.78, 5) is 33.7. The summed E-state index contributed by atoms with van der Waals surface area (Å²) in [5.74, 6) is 0.411. The van der Waals surface area contributed by atoms with Crippen LogP contribution in [-0.4, -0.2) is 34.7 Å². The lowest BCUT2D eigenvalue weighted by atomic mass is 10.2. The normalized spacial score (nSPS) is 10.8. The maximum absolute atomic E-state index is 12.5. The zero-order valence-electron chi connectivity index (χ0n) is 15.2. The Bertz CT molecular complexity index is 1170. The van der Waals surface area contributed by atoms with Gasteiger partial charge in [0, 0.05) is 5.39 Å². The van der Waals surface area contributed by atoms with Crippen LogP contribution >= 0.6 is 23.1 Å². The zero-order valence-corrected chi connectivity index (χ0v) is 16.9. The highest BCUT2D eigenvalue weighted by Crippen LogP contribution is 2.29. The molecular weight excluding hydrogens is 410 g/mol. The molecule has 0 saturated heterocycles. The Morgan fingerprint density at radius 1 is 1.17 bits per heavy atom. The van der Waals surface area contributed by atoms with Crippen molar-refractivity contribution >= 4 is 51.6 Å². The molecule has 0 unspecified atom stereocenters. The molecule has 0 fully saturated rings. The Kier molecular flexibility index (Phi) is 5.59. The molecule has 1 aromatic carbocycles. The molecule has 1 N–H and O–H groups in total. The fourth-order valence-electron chi connectivity index (χ4n) is 2.65.